The SMILES string of the molecule is CCOC(=O)/C(C#N)=C/c1ccc(OC(=O)CCCCCN2C(=O)c3ccccc3C2=O)c(OCC)c1. The third-order valence-corrected chi connectivity index (χ3v) is 5.56. The highest BCUT2D eigenvalue weighted by atomic mass is 16.6. The molecule has 9 nitrogen and oxygen atoms in total. The number of unbranched alkanes of at least 4 members (excludes halogenated alkanes) is 2. The van der Waals surface area contributed by atoms with Crippen LogP contribution >= 0.6 is 0 Å². The number of esters is 2. The molecule has 0 aliphatic carbocycles. The molecule has 2 aromatic carbocycles. The topological polar surface area (TPSA) is 123 Å². The molecule has 0 fully saturated rings. The summed E-state index contributed by atoms with van der Waals surface area (Å²) in [4.78, 5) is 50.3. The third kappa shape index (κ3) is 6.82. The van der Waals surface area contributed by atoms with E-state index in [0.717, 1.165) is 0 Å². The van der Waals surface area contributed by atoms with Gasteiger partial charge in [0.15, 0.2) is 11.5 Å². The number of carbonyl (C=O) groups excluding carboxylic acids is 4. The number of imide groups is 1. The van der Waals surface area contributed by atoms with Crippen LogP contribution in [0.4, 0.5) is 0 Å². The summed E-state index contributed by atoms with van der Waals surface area (Å²) in [7, 11) is 0. The van der Waals surface area contributed by atoms with Crippen LogP contribution < -0.4 is 9.47 Å². The molecular formula is C28H28N2O7. The molecule has 0 unspecified atom stereocenters. The zero-order valence-corrected chi connectivity index (χ0v) is 20.8. The Morgan fingerprint density at radius 1 is 0.946 bits per heavy atom. The maximum Gasteiger partial charge on any atom is 0.348 e. The lowest BCUT2D eigenvalue weighted by Gasteiger charge is -2.13. The molecule has 0 bridgehead atoms. The van der Waals surface area contributed by atoms with E-state index in [1.54, 1.807) is 50.2 Å². The van der Waals surface area contributed by atoms with Crippen molar-refractivity contribution >= 4 is 29.8 Å². The van der Waals surface area contributed by atoms with Gasteiger partial charge >= 0.3 is 11.9 Å². The van der Waals surface area contributed by atoms with Crippen LogP contribution in [0.15, 0.2) is 48.0 Å². The second-order valence-electron chi connectivity index (χ2n) is 8.12. The predicted octanol–water partition coefficient (Wildman–Crippen LogP) is 4.32. The van der Waals surface area contributed by atoms with E-state index in [1.165, 1.54) is 17.0 Å². The fourth-order valence-electron chi connectivity index (χ4n) is 3.81. The first-order chi connectivity index (χ1) is 17.9. The van der Waals surface area contributed by atoms with Crippen LogP contribution in [0.25, 0.3) is 6.08 Å². The van der Waals surface area contributed by atoms with Gasteiger partial charge in [0.25, 0.3) is 11.8 Å². The number of benzene rings is 2. The number of nitrogens with zero attached hydrogens (tertiary/aromatic N) is 2. The molecule has 0 saturated carbocycles. The molecule has 1 heterocycles. The first-order valence-electron chi connectivity index (χ1n) is 12.1. The van der Waals surface area contributed by atoms with Gasteiger partial charge in [0.05, 0.1) is 24.3 Å². The summed E-state index contributed by atoms with van der Waals surface area (Å²) >= 11 is 0. The average Bonchev–Trinajstić information content (AvgIpc) is 3.13. The molecule has 2 amide bonds. The van der Waals surface area contributed by atoms with E-state index in [4.69, 9.17) is 14.2 Å². The van der Waals surface area contributed by atoms with Crippen molar-refractivity contribution in [2.24, 2.45) is 0 Å². The maximum atomic E-state index is 12.4. The highest BCUT2D eigenvalue weighted by molar-refractivity contribution is 6.21. The van der Waals surface area contributed by atoms with Crippen LogP contribution in [-0.2, 0) is 14.3 Å². The maximum absolute atomic E-state index is 12.4. The number of nitriles is 1. The van der Waals surface area contributed by atoms with Crippen molar-refractivity contribution in [2.45, 2.75) is 39.5 Å². The molecule has 1 aliphatic rings. The van der Waals surface area contributed by atoms with Crippen LogP contribution in [0.1, 0.15) is 65.8 Å². The number of amides is 2. The summed E-state index contributed by atoms with van der Waals surface area (Å²) in [5.74, 6) is -1.21. The molecule has 0 spiro atoms. The lowest BCUT2D eigenvalue weighted by Crippen LogP contribution is -2.30. The van der Waals surface area contributed by atoms with Gasteiger partial charge in [-0.05, 0) is 62.6 Å². The number of hydrogen-bond donors (Lipinski definition) is 0. The van der Waals surface area contributed by atoms with E-state index in [1.807, 2.05) is 6.07 Å². The number of carbonyl (C=O) groups is 4. The standard InChI is InChI=1S/C28H28N2O7/c1-3-35-24-17-19(16-20(18-29)28(34)36-4-2)13-14-23(24)37-25(31)12-6-5-9-15-30-26(32)21-10-7-8-11-22(21)27(30)33/h7-8,10-11,13-14,16-17H,3-6,9,12,15H2,1-2H3/b20-16+. The van der Waals surface area contributed by atoms with Crippen molar-refractivity contribution in [1.82, 2.24) is 4.90 Å². The van der Waals surface area contributed by atoms with E-state index in [0.29, 0.717) is 54.9 Å². The van der Waals surface area contributed by atoms with Crippen molar-refractivity contribution < 1.29 is 33.4 Å². The van der Waals surface area contributed by atoms with E-state index < -0.39 is 11.9 Å². The molecule has 0 aromatic heterocycles. The lowest BCUT2D eigenvalue weighted by molar-refractivity contribution is -0.138. The van der Waals surface area contributed by atoms with Gasteiger partial charge in [-0.3, -0.25) is 19.3 Å². The van der Waals surface area contributed by atoms with Gasteiger partial charge in [0.2, 0.25) is 0 Å². The number of ether oxygens (including phenoxy) is 3. The van der Waals surface area contributed by atoms with Gasteiger partial charge in [-0.15, -0.1) is 0 Å². The Labute approximate surface area is 215 Å². The minimum Gasteiger partial charge on any atom is -0.490 e. The van der Waals surface area contributed by atoms with Crippen molar-refractivity contribution in [3.05, 3.63) is 64.7 Å². The molecule has 3 rings (SSSR count). The van der Waals surface area contributed by atoms with Crippen molar-refractivity contribution in [3.63, 3.8) is 0 Å². The summed E-state index contributed by atoms with van der Waals surface area (Å²) < 4.78 is 15.9. The van der Waals surface area contributed by atoms with Crippen LogP contribution in [0.3, 0.4) is 0 Å². The van der Waals surface area contributed by atoms with Gasteiger partial charge in [-0.2, -0.15) is 5.26 Å². The molecule has 0 radical (unpaired) electrons. The van der Waals surface area contributed by atoms with Crippen LogP contribution in [0.5, 0.6) is 11.5 Å². The molecule has 9 heteroatoms. The van der Waals surface area contributed by atoms with E-state index in [2.05, 4.69) is 0 Å². The zero-order chi connectivity index (χ0) is 26.8. The number of hydrogen-bond acceptors (Lipinski definition) is 8. The summed E-state index contributed by atoms with van der Waals surface area (Å²) in [6.45, 7) is 4.19. The molecular weight excluding hydrogens is 476 g/mol. The minimum absolute atomic E-state index is 0.150. The third-order valence-electron chi connectivity index (χ3n) is 5.56. The van der Waals surface area contributed by atoms with Crippen molar-refractivity contribution in [3.8, 4) is 17.6 Å². The Morgan fingerprint density at radius 3 is 2.27 bits per heavy atom. The monoisotopic (exact) mass is 504 g/mol. The fourth-order valence-corrected chi connectivity index (χ4v) is 3.81. The van der Waals surface area contributed by atoms with Crippen molar-refractivity contribution in [2.75, 3.05) is 19.8 Å². The first kappa shape index (κ1) is 27.1. The Morgan fingerprint density at radius 2 is 1.65 bits per heavy atom. The smallest absolute Gasteiger partial charge is 0.348 e. The second-order valence-corrected chi connectivity index (χ2v) is 8.12. The van der Waals surface area contributed by atoms with Gasteiger partial charge in [-0.25, -0.2) is 4.79 Å². The van der Waals surface area contributed by atoms with Crippen LogP contribution in [-0.4, -0.2) is 48.4 Å². The van der Waals surface area contributed by atoms with Gasteiger partial charge in [-0.1, -0.05) is 24.6 Å². The fraction of sp³-hybridized carbons (Fsp3) is 0.321. The van der Waals surface area contributed by atoms with E-state index in [-0.39, 0.29) is 36.2 Å². The van der Waals surface area contributed by atoms with E-state index >= 15 is 0 Å². The highest BCUT2D eigenvalue weighted by Crippen LogP contribution is 2.30. The summed E-state index contributed by atoms with van der Waals surface area (Å²) in [5.41, 5.74) is 1.20. The largest absolute Gasteiger partial charge is 0.490 e. The Bertz CT molecular complexity index is 1220. The molecule has 0 N–H and O–H groups in total. The minimum atomic E-state index is -0.721. The molecule has 2 aromatic rings. The van der Waals surface area contributed by atoms with Crippen LogP contribution in [0, 0.1) is 11.3 Å². The molecule has 1 aliphatic heterocycles. The summed E-state index contributed by atoms with van der Waals surface area (Å²) in [5, 5.41) is 9.22. The first-order valence-corrected chi connectivity index (χ1v) is 12.1. The Balaban J connectivity index is 1.51. The Kier molecular flexibility index (Phi) is 9.55. The summed E-state index contributed by atoms with van der Waals surface area (Å²) in [6.07, 6.45) is 3.26. The van der Waals surface area contributed by atoms with Crippen molar-refractivity contribution in [1.29, 1.82) is 5.26 Å². The quantitative estimate of drug-likeness (QED) is 0.105. The summed E-state index contributed by atoms with van der Waals surface area (Å²) in [6, 6.07) is 13.3. The molecule has 37 heavy (non-hydrogen) atoms. The lowest BCUT2D eigenvalue weighted by atomic mass is 10.1. The second kappa shape index (κ2) is 13.0. The average molecular weight is 505 g/mol. The molecule has 0 atom stereocenters. The predicted molar refractivity (Wildman–Crippen MR) is 134 cm³/mol. The van der Waals surface area contributed by atoms with Gasteiger partial charge < -0.3 is 14.2 Å². The molecule has 192 valence electrons. The van der Waals surface area contributed by atoms with Gasteiger partial charge in [0.1, 0.15) is 11.6 Å². The highest BCUT2D eigenvalue weighted by Gasteiger charge is 2.34. The number of rotatable bonds is 12. The molecule has 0 saturated heterocycles. The number of fused-ring (bicyclic) bond motifs is 1. The Hall–Kier alpha value is -4.45. The van der Waals surface area contributed by atoms with Gasteiger partial charge in [0, 0.05) is 13.0 Å². The normalized spacial score (nSPS) is 12.7. The zero-order valence-electron chi connectivity index (χ0n) is 20.8. The van der Waals surface area contributed by atoms with E-state index in [9.17, 15) is 24.4 Å². The van der Waals surface area contributed by atoms with Crippen LogP contribution in [0.2, 0.25) is 0 Å².